The van der Waals surface area contributed by atoms with Gasteiger partial charge < -0.3 is 10.8 Å². The predicted octanol–water partition coefficient (Wildman–Crippen LogP) is 2.65. The summed E-state index contributed by atoms with van der Waals surface area (Å²) in [7, 11) is 0. The third kappa shape index (κ3) is 1.52. The fourth-order valence-corrected chi connectivity index (χ4v) is 2.25. The zero-order valence-electron chi connectivity index (χ0n) is 9.10. The molecule has 0 atom stereocenters. The van der Waals surface area contributed by atoms with Crippen molar-refractivity contribution < 1.29 is 5.11 Å². The van der Waals surface area contributed by atoms with Gasteiger partial charge >= 0.3 is 0 Å². The van der Waals surface area contributed by atoms with Crippen molar-refractivity contribution in [1.29, 1.82) is 0 Å². The van der Waals surface area contributed by atoms with E-state index in [1.807, 2.05) is 19.9 Å². The molecule has 0 aromatic heterocycles. The Morgan fingerprint density at radius 2 is 2.07 bits per heavy atom. The van der Waals surface area contributed by atoms with Crippen LogP contribution in [0, 0.1) is 13.8 Å². The minimum Gasteiger partial charge on any atom is -0.506 e. The lowest BCUT2D eigenvalue weighted by atomic mass is 9.92. The molecule has 1 aromatic rings. The van der Waals surface area contributed by atoms with E-state index in [2.05, 4.69) is 0 Å². The number of halogens is 1. The highest BCUT2D eigenvalue weighted by molar-refractivity contribution is 6.33. The van der Waals surface area contributed by atoms with Crippen molar-refractivity contribution in [3.8, 4) is 5.75 Å². The summed E-state index contributed by atoms with van der Waals surface area (Å²) in [6, 6.07) is 2.02. The number of nitrogens with two attached hydrogens (primary N) is 1. The predicted molar refractivity (Wildman–Crippen MR) is 62.6 cm³/mol. The summed E-state index contributed by atoms with van der Waals surface area (Å²) >= 11 is 6.09. The number of hydrogen-bond donors (Lipinski definition) is 2. The number of aryl methyl sites for hydroxylation is 1. The Hall–Kier alpha value is -0.730. The molecule has 82 valence electrons. The summed E-state index contributed by atoms with van der Waals surface area (Å²) in [6.07, 6.45) is 2.10. The smallest absolute Gasteiger partial charge is 0.138 e. The molecule has 0 saturated heterocycles. The third-order valence-electron chi connectivity index (χ3n) is 3.56. The van der Waals surface area contributed by atoms with Crippen LogP contribution in [0.1, 0.15) is 29.5 Å². The largest absolute Gasteiger partial charge is 0.506 e. The van der Waals surface area contributed by atoms with E-state index in [9.17, 15) is 5.11 Å². The van der Waals surface area contributed by atoms with Crippen molar-refractivity contribution in [1.82, 2.24) is 0 Å². The number of benzene rings is 1. The summed E-state index contributed by atoms with van der Waals surface area (Å²) in [5, 5.41) is 10.5. The molecule has 0 spiro atoms. The van der Waals surface area contributed by atoms with Crippen LogP contribution in [0.5, 0.6) is 5.75 Å². The van der Waals surface area contributed by atoms with Gasteiger partial charge in [0.05, 0.1) is 5.02 Å². The number of phenols is 1. The van der Waals surface area contributed by atoms with Gasteiger partial charge in [-0.05, 0) is 37.8 Å². The average molecular weight is 226 g/mol. The molecule has 0 amide bonds. The molecule has 2 nitrogen and oxygen atoms in total. The van der Waals surface area contributed by atoms with Gasteiger partial charge in [-0.1, -0.05) is 17.7 Å². The molecule has 2 rings (SSSR count). The standard InChI is InChI=1S/C12H16ClNO/c1-7-5-9(12(6-14)3-4-12)11(15)10(13)8(7)2/h5,15H,3-4,6,14H2,1-2H3. The number of rotatable bonds is 2. The van der Waals surface area contributed by atoms with Crippen LogP contribution in [-0.2, 0) is 5.41 Å². The summed E-state index contributed by atoms with van der Waals surface area (Å²) in [5.41, 5.74) is 8.74. The molecule has 15 heavy (non-hydrogen) atoms. The molecule has 1 fully saturated rings. The minimum absolute atomic E-state index is 0.00775. The molecule has 0 unspecified atom stereocenters. The molecule has 0 heterocycles. The molecule has 3 heteroatoms. The van der Waals surface area contributed by atoms with Crippen LogP contribution in [0.15, 0.2) is 6.07 Å². The van der Waals surface area contributed by atoms with Crippen LogP contribution in [0.25, 0.3) is 0 Å². The zero-order valence-corrected chi connectivity index (χ0v) is 9.86. The topological polar surface area (TPSA) is 46.2 Å². The first-order chi connectivity index (χ1) is 7.02. The maximum absolute atomic E-state index is 10.0. The van der Waals surface area contributed by atoms with Gasteiger partial charge in [0.2, 0.25) is 0 Å². The van der Waals surface area contributed by atoms with Crippen LogP contribution in [0.3, 0.4) is 0 Å². The fourth-order valence-electron chi connectivity index (χ4n) is 2.00. The van der Waals surface area contributed by atoms with E-state index in [1.165, 1.54) is 0 Å². The number of phenolic OH excluding ortho intramolecular Hbond substituents is 1. The van der Waals surface area contributed by atoms with Gasteiger partial charge in [0.15, 0.2) is 0 Å². The first-order valence-corrected chi connectivity index (χ1v) is 5.59. The molecule has 3 N–H and O–H groups in total. The Morgan fingerprint density at radius 1 is 1.47 bits per heavy atom. The van der Waals surface area contributed by atoms with E-state index in [-0.39, 0.29) is 11.2 Å². The van der Waals surface area contributed by atoms with Crippen molar-refractivity contribution in [2.24, 2.45) is 5.73 Å². The Bertz CT molecular complexity index is 411. The molecular weight excluding hydrogens is 210 g/mol. The quantitative estimate of drug-likeness (QED) is 0.813. The molecule has 1 saturated carbocycles. The molecule has 1 aliphatic carbocycles. The van der Waals surface area contributed by atoms with E-state index >= 15 is 0 Å². The Kier molecular flexibility index (Phi) is 2.44. The molecule has 0 radical (unpaired) electrons. The molecular formula is C12H16ClNO. The number of hydrogen-bond acceptors (Lipinski definition) is 2. The SMILES string of the molecule is Cc1cc(C2(CN)CC2)c(O)c(Cl)c1C. The summed E-state index contributed by atoms with van der Waals surface area (Å²) in [5.74, 6) is 0.225. The third-order valence-corrected chi connectivity index (χ3v) is 4.02. The lowest BCUT2D eigenvalue weighted by Gasteiger charge is -2.18. The Morgan fingerprint density at radius 3 is 2.53 bits per heavy atom. The second kappa shape index (κ2) is 3.39. The van der Waals surface area contributed by atoms with Gasteiger partial charge in [-0.25, -0.2) is 0 Å². The van der Waals surface area contributed by atoms with E-state index in [4.69, 9.17) is 17.3 Å². The highest BCUT2D eigenvalue weighted by Gasteiger charge is 2.45. The van der Waals surface area contributed by atoms with Crippen LogP contribution >= 0.6 is 11.6 Å². The Balaban J connectivity index is 2.58. The summed E-state index contributed by atoms with van der Waals surface area (Å²) in [6.45, 7) is 4.51. The summed E-state index contributed by atoms with van der Waals surface area (Å²) < 4.78 is 0. The van der Waals surface area contributed by atoms with Gasteiger partial charge in [-0.3, -0.25) is 0 Å². The molecule has 1 aliphatic rings. The van der Waals surface area contributed by atoms with Crippen LogP contribution in [-0.4, -0.2) is 11.7 Å². The van der Waals surface area contributed by atoms with Crippen molar-refractivity contribution in [2.75, 3.05) is 6.54 Å². The summed E-state index contributed by atoms with van der Waals surface area (Å²) in [4.78, 5) is 0. The van der Waals surface area contributed by atoms with Crippen LogP contribution in [0.4, 0.5) is 0 Å². The molecule has 0 bridgehead atoms. The lowest BCUT2D eigenvalue weighted by molar-refractivity contribution is 0.458. The zero-order chi connectivity index (χ0) is 11.2. The van der Waals surface area contributed by atoms with Gasteiger partial charge in [0, 0.05) is 17.5 Å². The monoisotopic (exact) mass is 225 g/mol. The van der Waals surface area contributed by atoms with Crippen molar-refractivity contribution in [3.05, 3.63) is 27.8 Å². The Labute approximate surface area is 95.1 Å². The van der Waals surface area contributed by atoms with Gasteiger partial charge in [0.25, 0.3) is 0 Å². The van der Waals surface area contributed by atoms with E-state index in [0.29, 0.717) is 11.6 Å². The first kappa shape index (κ1) is 10.8. The maximum atomic E-state index is 10.0. The molecule has 0 aliphatic heterocycles. The van der Waals surface area contributed by atoms with Crippen molar-refractivity contribution in [3.63, 3.8) is 0 Å². The normalized spacial score (nSPS) is 17.9. The van der Waals surface area contributed by atoms with Gasteiger partial charge in [-0.2, -0.15) is 0 Å². The van der Waals surface area contributed by atoms with E-state index in [1.54, 1.807) is 0 Å². The number of aromatic hydroxyl groups is 1. The second-order valence-corrected chi connectivity index (χ2v) is 4.89. The lowest BCUT2D eigenvalue weighted by Crippen LogP contribution is -2.20. The maximum Gasteiger partial charge on any atom is 0.138 e. The van der Waals surface area contributed by atoms with Crippen LogP contribution in [0.2, 0.25) is 5.02 Å². The van der Waals surface area contributed by atoms with Crippen molar-refractivity contribution in [2.45, 2.75) is 32.1 Å². The van der Waals surface area contributed by atoms with Gasteiger partial charge in [-0.15, -0.1) is 0 Å². The second-order valence-electron chi connectivity index (χ2n) is 4.51. The average Bonchev–Trinajstić information content (AvgIpc) is 3.01. The first-order valence-electron chi connectivity index (χ1n) is 5.21. The highest BCUT2D eigenvalue weighted by atomic mass is 35.5. The highest BCUT2D eigenvalue weighted by Crippen LogP contribution is 2.52. The van der Waals surface area contributed by atoms with Crippen LogP contribution < -0.4 is 5.73 Å². The molecule has 1 aromatic carbocycles. The van der Waals surface area contributed by atoms with E-state index < -0.39 is 0 Å². The van der Waals surface area contributed by atoms with Crippen molar-refractivity contribution >= 4 is 11.6 Å². The van der Waals surface area contributed by atoms with E-state index in [0.717, 1.165) is 29.5 Å². The fraction of sp³-hybridized carbons (Fsp3) is 0.500. The minimum atomic E-state index is -0.00775. The van der Waals surface area contributed by atoms with Gasteiger partial charge in [0.1, 0.15) is 5.75 Å².